The molecule has 1 heterocycles. The third-order valence-electron chi connectivity index (χ3n) is 2.26. The molecule has 0 bridgehead atoms. The number of aryl methyl sites for hydroxylation is 1. The Balaban J connectivity index is 2.38. The summed E-state index contributed by atoms with van der Waals surface area (Å²) >= 11 is 0. The molecule has 0 aliphatic carbocycles. The van der Waals surface area contributed by atoms with Crippen molar-refractivity contribution in [1.82, 2.24) is 10.2 Å². The van der Waals surface area contributed by atoms with E-state index in [0.29, 0.717) is 18.5 Å². The number of rotatable bonds is 3. The normalized spacial score (nSPS) is 11.0. The summed E-state index contributed by atoms with van der Waals surface area (Å²) in [5, 5.41) is 7.52. The van der Waals surface area contributed by atoms with Gasteiger partial charge in [-0.05, 0) is 37.1 Å². The molecule has 4 heteroatoms. The molecular weight excluding hydrogens is 181 g/mol. The number of benzene rings is 1. The lowest BCUT2D eigenvalue weighted by atomic mass is 10.1. The Morgan fingerprint density at radius 2 is 2.29 bits per heavy atom. The number of aromatic amines is 1. The fraction of sp³-hybridized carbons (Fsp3) is 0.300. The minimum absolute atomic E-state index is 0.185. The molecule has 3 N–H and O–H groups in total. The van der Waals surface area contributed by atoms with Crippen LogP contribution < -0.4 is 5.73 Å². The predicted molar refractivity (Wildman–Crippen MR) is 53.4 cm³/mol. The summed E-state index contributed by atoms with van der Waals surface area (Å²) in [6.07, 6.45) is 3.18. The fourth-order valence-electron chi connectivity index (χ4n) is 1.50. The Kier molecular flexibility index (Phi) is 2.45. The standard InChI is InChI=1S/C10H12FN3/c11-9-5-10-8(6-13-14-10)4-7(9)2-1-3-12/h4-6H,1-3,12H2,(H,13,14). The molecule has 2 aromatic rings. The van der Waals surface area contributed by atoms with Crippen LogP contribution in [0.4, 0.5) is 4.39 Å². The van der Waals surface area contributed by atoms with Gasteiger partial charge in [0.25, 0.3) is 0 Å². The molecule has 0 radical (unpaired) electrons. The van der Waals surface area contributed by atoms with Crippen molar-refractivity contribution >= 4 is 10.9 Å². The van der Waals surface area contributed by atoms with E-state index in [0.717, 1.165) is 17.3 Å². The van der Waals surface area contributed by atoms with Gasteiger partial charge in [-0.1, -0.05) is 0 Å². The zero-order valence-corrected chi connectivity index (χ0v) is 7.76. The molecule has 3 nitrogen and oxygen atoms in total. The number of hydrogen-bond acceptors (Lipinski definition) is 2. The van der Waals surface area contributed by atoms with E-state index < -0.39 is 0 Å². The Morgan fingerprint density at radius 1 is 1.43 bits per heavy atom. The van der Waals surface area contributed by atoms with Crippen LogP contribution in [-0.2, 0) is 6.42 Å². The van der Waals surface area contributed by atoms with Gasteiger partial charge in [-0.2, -0.15) is 5.10 Å². The van der Waals surface area contributed by atoms with Crippen LogP contribution >= 0.6 is 0 Å². The predicted octanol–water partition coefficient (Wildman–Crippen LogP) is 1.59. The van der Waals surface area contributed by atoms with E-state index in [4.69, 9.17) is 5.73 Å². The molecular formula is C10H12FN3. The summed E-state index contributed by atoms with van der Waals surface area (Å²) in [4.78, 5) is 0. The molecule has 2 rings (SSSR count). The number of nitrogens with zero attached hydrogens (tertiary/aromatic N) is 1. The third kappa shape index (κ3) is 1.61. The van der Waals surface area contributed by atoms with Gasteiger partial charge in [-0.25, -0.2) is 4.39 Å². The highest BCUT2D eigenvalue weighted by Gasteiger charge is 2.05. The lowest BCUT2D eigenvalue weighted by molar-refractivity contribution is 0.607. The van der Waals surface area contributed by atoms with Crippen LogP contribution in [0.15, 0.2) is 18.3 Å². The van der Waals surface area contributed by atoms with Gasteiger partial charge < -0.3 is 5.73 Å². The van der Waals surface area contributed by atoms with Gasteiger partial charge in [0.15, 0.2) is 0 Å². The van der Waals surface area contributed by atoms with Crippen LogP contribution in [-0.4, -0.2) is 16.7 Å². The lowest BCUT2D eigenvalue weighted by Crippen LogP contribution is -2.01. The number of aromatic nitrogens is 2. The Bertz CT molecular complexity index is 436. The zero-order valence-electron chi connectivity index (χ0n) is 7.76. The zero-order chi connectivity index (χ0) is 9.97. The Morgan fingerprint density at radius 3 is 3.07 bits per heavy atom. The van der Waals surface area contributed by atoms with Crippen LogP contribution in [0.5, 0.6) is 0 Å². The van der Waals surface area contributed by atoms with E-state index in [1.165, 1.54) is 6.07 Å². The third-order valence-corrected chi connectivity index (χ3v) is 2.26. The van der Waals surface area contributed by atoms with Crippen molar-refractivity contribution in [3.05, 3.63) is 29.7 Å². The van der Waals surface area contributed by atoms with Crippen molar-refractivity contribution in [2.75, 3.05) is 6.54 Å². The molecule has 74 valence electrons. The first-order valence-corrected chi connectivity index (χ1v) is 4.63. The first-order chi connectivity index (χ1) is 6.81. The monoisotopic (exact) mass is 193 g/mol. The van der Waals surface area contributed by atoms with Crippen LogP contribution in [0.2, 0.25) is 0 Å². The average Bonchev–Trinajstić information content (AvgIpc) is 2.61. The quantitative estimate of drug-likeness (QED) is 0.777. The molecule has 0 amide bonds. The topological polar surface area (TPSA) is 54.7 Å². The highest BCUT2D eigenvalue weighted by atomic mass is 19.1. The van der Waals surface area contributed by atoms with Crippen LogP contribution in [0, 0.1) is 5.82 Å². The minimum Gasteiger partial charge on any atom is -0.330 e. The van der Waals surface area contributed by atoms with Gasteiger partial charge >= 0.3 is 0 Å². The summed E-state index contributed by atoms with van der Waals surface area (Å²) in [6.45, 7) is 0.586. The van der Waals surface area contributed by atoms with Crippen molar-refractivity contribution < 1.29 is 4.39 Å². The molecule has 1 aromatic heterocycles. The maximum absolute atomic E-state index is 13.4. The summed E-state index contributed by atoms with van der Waals surface area (Å²) in [5.41, 5.74) is 6.83. The number of nitrogens with two attached hydrogens (primary N) is 1. The van der Waals surface area contributed by atoms with Gasteiger partial charge in [0.1, 0.15) is 5.82 Å². The van der Waals surface area contributed by atoms with E-state index >= 15 is 0 Å². The van der Waals surface area contributed by atoms with E-state index in [1.807, 2.05) is 6.07 Å². The lowest BCUT2D eigenvalue weighted by Gasteiger charge is -2.01. The fourth-order valence-corrected chi connectivity index (χ4v) is 1.50. The smallest absolute Gasteiger partial charge is 0.128 e. The van der Waals surface area contributed by atoms with Gasteiger partial charge in [0, 0.05) is 5.39 Å². The maximum atomic E-state index is 13.4. The summed E-state index contributed by atoms with van der Waals surface area (Å²) in [5.74, 6) is -0.185. The summed E-state index contributed by atoms with van der Waals surface area (Å²) in [7, 11) is 0. The van der Waals surface area contributed by atoms with Crippen LogP contribution in [0.25, 0.3) is 10.9 Å². The summed E-state index contributed by atoms with van der Waals surface area (Å²) < 4.78 is 13.4. The Labute approximate surface area is 81.1 Å². The van der Waals surface area contributed by atoms with Crippen LogP contribution in [0.1, 0.15) is 12.0 Å². The molecule has 0 fully saturated rings. The molecule has 1 aromatic carbocycles. The van der Waals surface area contributed by atoms with E-state index in [2.05, 4.69) is 10.2 Å². The maximum Gasteiger partial charge on any atom is 0.128 e. The SMILES string of the molecule is NCCCc1cc2cn[nH]c2cc1F. The highest BCUT2D eigenvalue weighted by Crippen LogP contribution is 2.17. The first kappa shape index (κ1) is 9.15. The van der Waals surface area contributed by atoms with Gasteiger partial charge in [-0.15, -0.1) is 0 Å². The van der Waals surface area contributed by atoms with Crippen molar-refractivity contribution in [2.24, 2.45) is 5.73 Å². The first-order valence-electron chi connectivity index (χ1n) is 4.63. The van der Waals surface area contributed by atoms with E-state index in [1.54, 1.807) is 6.20 Å². The van der Waals surface area contributed by atoms with Gasteiger partial charge in [-0.3, -0.25) is 5.10 Å². The minimum atomic E-state index is -0.185. The van der Waals surface area contributed by atoms with Crippen molar-refractivity contribution in [3.63, 3.8) is 0 Å². The number of hydrogen-bond donors (Lipinski definition) is 2. The second-order valence-corrected chi connectivity index (χ2v) is 3.29. The van der Waals surface area contributed by atoms with Gasteiger partial charge in [0.2, 0.25) is 0 Å². The van der Waals surface area contributed by atoms with E-state index in [-0.39, 0.29) is 5.82 Å². The molecule has 0 aliphatic rings. The van der Waals surface area contributed by atoms with Crippen molar-refractivity contribution in [2.45, 2.75) is 12.8 Å². The molecule has 14 heavy (non-hydrogen) atoms. The molecule has 0 unspecified atom stereocenters. The number of fused-ring (bicyclic) bond motifs is 1. The second-order valence-electron chi connectivity index (χ2n) is 3.29. The Hall–Kier alpha value is -1.42. The molecule has 0 saturated heterocycles. The second kappa shape index (κ2) is 3.75. The largest absolute Gasteiger partial charge is 0.330 e. The molecule has 0 atom stereocenters. The number of nitrogens with one attached hydrogen (secondary N) is 1. The molecule has 0 aliphatic heterocycles. The molecule has 0 saturated carbocycles. The van der Waals surface area contributed by atoms with Crippen molar-refractivity contribution in [3.8, 4) is 0 Å². The van der Waals surface area contributed by atoms with Gasteiger partial charge in [0.05, 0.1) is 11.7 Å². The number of halogens is 1. The summed E-state index contributed by atoms with van der Waals surface area (Å²) in [6, 6.07) is 3.30. The van der Waals surface area contributed by atoms with Crippen molar-refractivity contribution in [1.29, 1.82) is 0 Å². The van der Waals surface area contributed by atoms with Crippen LogP contribution in [0.3, 0.4) is 0 Å². The molecule has 0 spiro atoms. The highest BCUT2D eigenvalue weighted by molar-refractivity contribution is 5.78. The number of H-pyrrole nitrogens is 1. The van der Waals surface area contributed by atoms with E-state index in [9.17, 15) is 4.39 Å². The average molecular weight is 193 g/mol.